The Morgan fingerprint density at radius 2 is 2.04 bits per heavy atom. The highest BCUT2D eigenvalue weighted by Gasteiger charge is 2.36. The summed E-state index contributed by atoms with van der Waals surface area (Å²) in [4.78, 5) is 40.3. The molecule has 3 heterocycles. The Balaban J connectivity index is 1.67. The number of amides is 2. The summed E-state index contributed by atoms with van der Waals surface area (Å²) in [7, 11) is 0. The van der Waals surface area contributed by atoms with E-state index in [0.717, 1.165) is 27.6 Å². The molecule has 1 aromatic carbocycles. The van der Waals surface area contributed by atoms with E-state index in [4.69, 9.17) is 4.42 Å². The van der Waals surface area contributed by atoms with Gasteiger partial charge >= 0.3 is 5.88 Å². The third-order valence-electron chi connectivity index (χ3n) is 3.70. The Hall–Kier alpha value is -3.46. The number of rotatable bonds is 3. The summed E-state index contributed by atoms with van der Waals surface area (Å²) in [5, 5.41) is 11.0. The van der Waals surface area contributed by atoms with Gasteiger partial charge in [0.2, 0.25) is 0 Å². The zero-order valence-corrected chi connectivity index (χ0v) is 13.8. The predicted octanol–water partition coefficient (Wildman–Crippen LogP) is 3.98. The number of hydrogen-bond acceptors (Lipinski definition) is 7. The molecule has 0 unspecified atom stereocenters. The van der Waals surface area contributed by atoms with Gasteiger partial charge in [0.25, 0.3) is 11.1 Å². The van der Waals surface area contributed by atoms with Gasteiger partial charge in [0.05, 0.1) is 22.2 Å². The Kier molecular flexibility index (Phi) is 3.77. The molecular formula is C17H9N3O5S. The second kappa shape index (κ2) is 6.12. The maximum atomic E-state index is 12.6. The third kappa shape index (κ3) is 2.74. The first-order valence-electron chi connectivity index (χ1n) is 7.40. The lowest BCUT2D eigenvalue weighted by atomic mass is 10.2. The van der Waals surface area contributed by atoms with Crippen molar-refractivity contribution in [3.05, 3.63) is 69.4 Å². The molecule has 0 atom stereocenters. The molecule has 2 aromatic heterocycles. The van der Waals surface area contributed by atoms with Crippen LogP contribution in [0, 0.1) is 10.1 Å². The molecule has 0 aliphatic carbocycles. The number of imide groups is 1. The normalized spacial score (nSPS) is 16.0. The number of anilines is 1. The number of aromatic nitrogens is 1. The lowest BCUT2D eigenvalue weighted by molar-refractivity contribution is -0.402. The number of benzene rings is 1. The van der Waals surface area contributed by atoms with E-state index >= 15 is 0 Å². The fourth-order valence-corrected chi connectivity index (χ4v) is 3.36. The molecule has 8 nitrogen and oxygen atoms in total. The van der Waals surface area contributed by atoms with Crippen molar-refractivity contribution in [3.8, 4) is 0 Å². The lowest BCUT2D eigenvalue weighted by Crippen LogP contribution is -2.27. The van der Waals surface area contributed by atoms with E-state index in [-0.39, 0.29) is 10.7 Å². The van der Waals surface area contributed by atoms with Crippen molar-refractivity contribution in [1.82, 2.24) is 4.98 Å². The Bertz CT molecular complexity index is 1100. The van der Waals surface area contributed by atoms with Gasteiger partial charge < -0.3 is 4.42 Å². The molecule has 1 aliphatic heterocycles. The molecule has 0 radical (unpaired) electrons. The number of hydrogen-bond donors (Lipinski definition) is 0. The van der Waals surface area contributed by atoms with Crippen LogP contribution in [0.5, 0.6) is 0 Å². The van der Waals surface area contributed by atoms with Crippen LogP contribution in [-0.4, -0.2) is 21.1 Å². The van der Waals surface area contributed by atoms with Crippen molar-refractivity contribution in [1.29, 1.82) is 0 Å². The van der Waals surface area contributed by atoms with Crippen LogP contribution >= 0.6 is 11.8 Å². The minimum Gasteiger partial charge on any atom is -0.401 e. The first-order valence-corrected chi connectivity index (χ1v) is 8.21. The molecule has 0 spiro atoms. The van der Waals surface area contributed by atoms with E-state index in [1.54, 1.807) is 30.5 Å². The Labute approximate surface area is 150 Å². The third-order valence-corrected chi connectivity index (χ3v) is 4.57. The minimum absolute atomic E-state index is 0.130. The highest BCUT2D eigenvalue weighted by Crippen LogP contribution is 2.36. The van der Waals surface area contributed by atoms with Gasteiger partial charge in [0.15, 0.2) is 0 Å². The van der Waals surface area contributed by atoms with Crippen LogP contribution in [0.15, 0.2) is 58.0 Å². The summed E-state index contributed by atoms with van der Waals surface area (Å²) in [6.45, 7) is 0. The van der Waals surface area contributed by atoms with E-state index in [2.05, 4.69) is 4.98 Å². The van der Waals surface area contributed by atoms with Crippen LogP contribution in [0.25, 0.3) is 17.0 Å². The highest BCUT2D eigenvalue weighted by atomic mass is 32.2. The average Bonchev–Trinajstić information content (AvgIpc) is 3.20. The van der Waals surface area contributed by atoms with Gasteiger partial charge in [-0.1, -0.05) is 6.07 Å². The van der Waals surface area contributed by atoms with Crippen LogP contribution in [0.2, 0.25) is 0 Å². The monoisotopic (exact) mass is 367 g/mol. The smallest absolute Gasteiger partial charge is 0.401 e. The molecule has 1 saturated heterocycles. The van der Waals surface area contributed by atoms with E-state index < -0.39 is 22.0 Å². The van der Waals surface area contributed by atoms with Gasteiger partial charge in [-0.15, -0.1) is 0 Å². The summed E-state index contributed by atoms with van der Waals surface area (Å²) in [5.74, 6) is -0.815. The Morgan fingerprint density at radius 1 is 1.19 bits per heavy atom. The molecular weight excluding hydrogens is 358 g/mol. The molecule has 26 heavy (non-hydrogen) atoms. The first kappa shape index (κ1) is 16.0. The van der Waals surface area contributed by atoms with Crippen LogP contribution in [0.3, 0.4) is 0 Å². The molecule has 3 aromatic rings. The number of pyridine rings is 1. The number of furan rings is 1. The van der Waals surface area contributed by atoms with E-state index in [1.165, 1.54) is 18.2 Å². The van der Waals surface area contributed by atoms with Crippen molar-refractivity contribution in [2.75, 3.05) is 4.90 Å². The van der Waals surface area contributed by atoms with Crippen molar-refractivity contribution >= 4 is 51.5 Å². The van der Waals surface area contributed by atoms with Crippen LogP contribution < -0.4 is 4.90 Å². The van der Waals surface area contributed by atoms with Crippen molar-refractivity contribution in [2.45, 2.75) is 0 Å². The molecule has 9 heteroatoms. The molecule has 0 saturated carbocycles. The summed E-state index contributed by atoms with van der Waals surface area (Å²) in [6, 6.07) is 11.2. The van der Waals surface area contributed by atoms with Gasteiger partial charge in [0.1, 0.15) is 10.7 Å². The molecule has 1 fully saturated rings. The largest absolute Gasteiger partial charge is 0.433 e. The number of carbonyl (C=O) groups is 2. The van der Waals surface area contributed by atoms with Gasteiger partial charge in [-0.05, 0) is 42.1 Å². The zero-order chi connectivity index (χ0) is 18.3. The van der Waals surface area contributed by atoms with E-state index in [0.29, 0.717) is 5.69 Å². The molecule has 1 aliphatic rings. The highest BCUT2D eigenvalue weighted by molar-refractivity contribution is 8.19. The zero-order valence-electron chi connectivity index (χ0n) is 13.0. The predicted molar refractivity (Wildman–Crippen MR) is 95.6 cm³/mol. The van der Waals surface area contributed by atoms with Crippen molar-refractivity contribution < 1.29 is 18.9 Å². The second-order valence-corrected chi connectivity index (χ2v) is 6.32. The van der Waals surface area contributed by atoms with Crippen LogP contribution in [0.4, 0.5) is 16.4 Å². The lowest BCUT2D eigenvalue weighted by Gasteiger charge is -2.12. The molecule has 0 N–H and O–H groups in total. The SMILES string of the molecule is O=C1S/C(=C\c2ccc([N+](=O)[O-])o2)C(=O)N1c1ccc2ncccc2c1. The molecule has 128 valence electrons. The maximum absolute atomic E-state index is 12.6. The van der Waals surface area contributed by atoms with Gasteiger partial charge in [-0.3, -0.25) is 24.7 Å². The van der Waals surface area contributed by atoms with E-state index in [9.17, 15) is 19.7 Å². The summed E-state index contributed by atoms with van der Waals surface area (Å²) in [6.07, 6.45) is 2.98. The van der Waals surface area contributed by atoms with Gasteiger partial charge in [-0.2, -0.15) is 0 Å². The summed E-state index contributed by atoms with van der Waals surface area (Å²) >= 11 is 0.748. The first-order chi connectivity index (χ1) is 12.5. The standard InChI is InChI=1S/C17H9N3O5S/c21-16-14(9-12-4-6-15(25-12)20(23)24)26-17(22)19(16)11-3-5-13-10(8-11)2-1-7-18-13/h1-9H/b14-9-. The maximum Gasteiger partial charge on any atom is 0.433 e. The van der Waals surface area contributed by atoms with Crippen LogP contribution in [-0.2, 0) is 4.79 Å². The molecule has 0 bridgehead atoms. The number of nitro groups is 1. The minimum atomic E-state index is -0.674. The average molecular weight is 367 g/mol. The number of thioether (sulfide) groups is 1. The second-order valence-electron chi connectivity index (χ2n) is 5.33. The molecule has 2 amide bonds. The van der Waals surface area contributed by atoms with Crippen molar-refractivity contribution in [2.24, 2.45) is 0 Å². The van der Waals surface area contributed by atoms with Gasteiger partial charge in [0, 0.05) is 17.7 Å². The van der Waals surface area contributed by atoms with Crippen LogP contribution in [0.1, 0.15) is 5.76 Å². The Morgan fingerprint density at radius 3 is 2.81 bits per heavy atom. The fraction of sp³-hybridized carbons (Fsp3) is 0. The summed E-state index contributed by atoms with van der Waals surface area (Å²) < 4.78 is 5.01. The number of carbonyl (C=O) groups excluding carboxylic acids is 2. The van der Waals surface area contributed by atoms with E-state index in [1.807, 2.05) is 6.07 Å². The number of fused-ring (bicyclic) bond motifs is 1. The topological polar surface area (TPSA) is 107 Å². The molecule has 4 rings (SSSR count). The quantitative estimate of drug-likeness (QED) is 0.391. The van der Waals surface area contributed by atoms with Gasteiger partial charge in [-0.25, -0.2) is 4.90 Å². The van der Waals surface area contributed by atoms with Crippen molar-refractivity contribution in [3.63, 3.8) is 0 Å². The summed E-state index contributed by atoms with van der Waals surface area (Å²) in [5.41, 5.74) is 1.18. The number of nitrogens with zero attached hydrogens (tertiary/aromatic N) is 3. The fourth-order valence-electron chi connectivity index (χ4n) is 2.54.